The van der Waals surface area contributed by atoms with E-state index in [1.54, 1.807) is 11.3 Å². The first-order valence-electron chi connectivity index (χ1n) is 6.22. The summed E-state index contributed by atoms with van der Waals surface area (Å²) in [4.78, 5) is 17.0. The minimum absolute atomic E-state index is 0.149. The van der Waals surface area contributed by atoms with E-state index >= 15 is 0 Å². The molecule has 2 N–H and O–H groups in total. The highest BCUT2D eigenvalue weighted by molar-refractivity contribution is 7.15. The SMILES string of the molecule is O=C1CC(NCc2cn3ccsc3n2)CCCN1. The third-order valence-electron chi connectivity index (χ3n) is 3.20. The van der Waals surface area contributed by atoms with E-state index in [0.29, 0.717) is 6.42 Å². The van der Waals surface area contributed by atoms with Crippen LogP contribution in [-0.2, 0) is 11.3 Å². The van der Waals surface area contributed by atoms with E-state index in [4.69, 9.17) is 0 Å². The zero-order chi connectivity index (χ0) is 12.4. The Morgan fingerprint density at radius 2 is 2.56 bits per heavy atom. The fourth-order valence-electron chi connectivity index (χ4n) is 2.26. The monoisotopic (exact) mass is 264 g/mol. The van der Waals surface area contributed by atoms with Crippen molar-refractivity contribution in [1.82, 2.24) is 20.0 Å². The highest BCUT2D eigenvalue weighted by Crippen LogP contribution is 2.12. The molecule has 1 fully saturated rings. The van der Waals surface area contributed by atoms with Gasteiger partial charge in [0, 0.05) is 43.3 Å². The number of fused-ring (bicyclic) bond motifs is 1. The van der Waals surface area contributed by atoms with Crippen LogP contribution in [0.15, 0.2) is 17.8 Å². The van der Waals surface area contributed by atoms with Gasteiger partial charge in [-0.1, -0.05) is 0 Å². The van der Waals surface area contributed by atoms with E-state index in [0.717, 1.165) is 36.6 Å². The Kier molecular flexibility index (Phi) is 3.29. The maximum atomic E-state index is 11.4. The van der Waals surface area contributed by atoms with Crippen LogP contribution in [0, 0.1) is 0 Å². The second-order valence-electron chi connectivity index (χ2n) is 4.60. The number of hydrogen-bond donors (Lipinski definition) is 2. The second-order valence-corrected chi connectivity index (χ2v) is 5.47. The summed E-state index contributed by atoms with van der Waals surface area (Å²) < 4.78 is 2.03. The number of carbonyl (C=O) groups is 1. The summed E-state index contributed by atoms with van der Waals surface area (Å²) in [5.74, 6) is 0.149. The van der Waals surface area contributed by atoms with E-state index in [2.05, 4.69) is 15.6 Å². The third kappa shape index (κ3) is 2.54. The van der Waals surface area contributed by atoms with Crippen LogP contribution in [0.4, 0.5) is 0 Å². The summed E-state index contributed by atoms with van der Waals surface area (Å²) in [5, 5.41) is 8.34. The summed E-state index contributed by atoms with van der Waals surface area (Å²) in [7, 11) is 0. The van der Waals surface area contributed by atoms with Gasteiger partial charge in [-0.15, -0.1) is 11.3 Å². The molecular weight excluding hydrogens is 248 g/mol. The number of hydrogen-bond acceptors (Lipinski definition) is 4. The topological polar surface area (TPSA) is 58.4 Å². The molecule has 1 amide bonds. The quantitative estimate of drug-likeness (QED) is 0.874. The standard InChI is InChI=1S/C12H16N4OS/c17-11-6-9(2-1-3-13-11)14-7-10-8-16-4-5-18-12(16)15-10/h4-5,8-9,14H,1-3,6-7H2,(H,13,17). The van der Waals surface area contributed by atoms with Crippen LogP contribution in [-0.4, -0.2) is 27.9 Å². The molecule has 0 radical (unpaired) electrons. The zero-order valence-electron chi connectivity index (χ0n) is 10.1. The predicted molar refractivity (Wildman–Crippen MR) is 70.6 cm³/mol. The highest BCUT2D eigenvalue weighted by Gasteiger charge is 2.17. The Morgan fingerprint density at radius 1 is 1.61 bits per heavy atom. The lowest BCUT2D eigenvalue weighted by Gasteiger charge is -2.13. The number of rotatable bonds is 3. The van der Waals surface area contributed by atoms with Gasteiger partial charge in [0.05, 0.1) is 5.69 Å². The fraction of sp³-hybridized carbons (Fsp3) is 0.500. The molecule has 3 heterocycles. The molecule has 1 atom stereocenters. The van der Waals surface area contributed by atoms with Gasteiger partial charge in [-0.25, -0.2) is 4.98 Å². The summed E-state index contributed by atoms with van der Waals surface area (Å²) in [6.07, 6.45) is 6.70. The fourth-order valence-corrected chi connectivity index (χ4v) is 2.98. The van der Waals surface area contributed by atoms with Crippen molar-refractivity contribution in [2.45, 2.75) is 31.8 Å². The minimum Gasteiger partial charge on any atom is -0.356 e. The first-order chi connectivity index (χ1) is 8.81. The summed E-state index contributed by atoms with van der Waals surface area (Å²) in [6.45, 7) is 1.53. The highest BCUT2D eigenvalue weighted by atomic mass is 32.1. The Balaban J connectivity index is 1.59. The number of nitrogens with one attached hydrogen (secondary N) is 2. The van der Waals surface area contributed by atoms with Crippen molar-refractivity contribution in [3.8, 4) is 0 Å². The first-order valence-corrected chi connectivity index (χ1v) is 7.10. The van der Waals surface area contributed by atoms with Crippen molar-refractivity contribution in [3.05, 3.63) is 23.5 Å². The molecule has 18 heavy (non-hydrogen) atoms. The molecule has 5 nitrogen and oxygen atoms in total. The Hall–Kier alpha value is -1.40. The molecule has 3 rings (SSSR count). The molecule has 1 unspecified atom stereocenters. The number of carbonyl (C=O) groups excluding carboxylic acids is 1. The molecule has 0 saturated carbocycles. The summed E-state index contributed by atoms with van der Waals surface area (Å²) in [6, 6.07) is 0.271. The van der Waals surface area contributed by atoms with Crippen molar-refractivity contribution in [2.75, 3.05) is 6.54 Å². The van der Waals surface area contributed by atoms with E-state index < -0.39 is 0 Å². The number of thiazole rings is 1. The molecule has 2 aromatic heterocycles. The maximum Gasteiger partial charge on any atom is 0.221 e. The van der Waals surface area contributed by atoms with Gasteiger partial charge >= 0.3 is 0 Å². The van der Waals surface area contributed by atoms with E-state index in [-0.39, 0.29) is 11.9 Å². The largest absolute Gasteiger partial charge is 0.356 e. The average molecular weight is 264 g/mol. The van der Waals surface area contributed by atoms with Gasteiger partial charge in [0.2, 0.25) is 5.91 Å². The van der Waals surface area contributed by atoms with Crippen molar-refractivity contribution >= 4 is 22.2 Å². The molecule has 0 aliphatic carbocycles. The van der Waals surface area contributed by atoms with Gasteiger partial charge in [-0.05, 0) is 12.8 Å². The number of aromatic nitrogens is 2. The molecule has 6 heteroatoms. The van der Waals surface area contributed by atoms with Crippen molar-refractivity contribution in [2.24, 2.45) is 0 Å². The molecule has 0 bridgehead atoms. The predicted octanol–water partition coefficient (Wildman–Crippen LogP) is 1.15. The second kappa shape index (κ2) is 5.07. The van der Waals surface area contributed by atoms with Crippen LogP contribution in [0.3, 0.4) is 0 Å². The zero-order valence-corrected chi connectivity index (χ0v) is 10.9. The lowest BCUT2D eigenvalue weighted by Crippen LogP contribution is -2.32. The normalized spacial score (nSPS) is 20.9. The number of nitrogens with zero attached hydrogens (tertiary/aromatic N) is 2. The maximum absolute atomic E-state index is 11.4. The number of imidazole rings is 1. The molecule has 0 aromatic carbocycles. The Labute approximate surface area is 109 Å². The lowest BCUT2D eigenvalue weighted by atomic mass is 10.1. The molecular formula is C12H16N4OS. The summed E-state index contributed by atoms with van der Waals surface area (Å²) >= 11 is 1.63. The van der Waals surface area contributed by atoms with Crippen LogP contribution >= 0.6 is 11.3 Å². The molecule has 0 spiro atoms. The molecule has 96 valence electrons. The van der Waals surface area contributed by atoms with Gasteiger partial charge in [0.1, 0.15) is 0 Å². The minimum atomic E-state index is 0.149. The van der Waals surface area contributed by atoms with Gasteiger partial charge in [0.15, 0.2) is 4.96 Å². The molecule has 1 saturated heterocycles. The molecule has 1 aliphatic rings. The summed E-state index contributed by atoms with van der Waals surface area (Å²) in [5.41, 5.74) is 1.03. The van der Waals surface area contributed by atoms with Crippen LogP contribution in [0.1, 0.15) is 25.0 Å². The van der Waals surface area contributed by atoms with Crippen molar-refractivity contribution in [1.29, 1.82) is 0 Å². The van der Waals surface area contributed by atoms with Crippen molar-refractivity contribution in [3.63, 3.8) is 0 Å². The van der Waals surface area contributed by atoms with E-state index in [1.807, 2.05) is 22.2 Å². The Bertz CT molecular complexity index is 519. The van der Waals surface area contributed by atoms with Gasteiger partial charge in [-0.2, -0.15) is 0 Å². The number of amides is 1. The average Bonchev–Trinajstić information content (AvgIpc) is 2.85. The van der Waals surface area contributed by atoms with Crippen LogP contribution in [0.5, 0.6) is 0 Å². The smallest absolute Gasteiger partial charge is 0.221 e. The van der Waals surface area contributed by atoms with E-state index in [1.165, 1.54) is 0 Å². The lowest BCUT2D eigenvalue weighted by molar-refractivity contribution is -0.121. The van der Waals surface area contributed by atoms with Gasteiger partial charge in [-0.3, -0.25) is 9.20 Å². The van der Waals surface area contributed by atoms with Gasteiger partial charge in [0.25, 0.3) is 0 Å². The Morgan fingerprint density at radius 3 is 3.44 bits per heavy atom. The van der Waals surface area contributed by atoms with Gasteiger partial charge < -0.3 is 10.6 Å². The van der Waals surface area contributed by atoms with Crippen LogP contribution in [0.2, 0.25) is 0 Å². The molecule has 2 aromatic rings. The van der Waals surface area contributed by atoms with Crippen LogP contribution < -0.4 is 10.6 Å². The third-order valence-corrected chi connectivity index (χ3v) is 3.97. The molecule has 1 aliphatic heterocycles. The van der Waals surface area contributed by atoms with Crippen molar-refractivity contribution < 1.29 is 4.79 Å². The first kappa shape index (κ1) is 11.7. The van der Waals surface area contributed by atoms with Crippen LogP contribution in [0.25, 0.3) is 4.96 Å². The van der Waals surface area contributed by atoms with E-state index in [9.17, 15) is 4.79 Å².